The van der Waals surface area contributed by atoms with E-state index < -0.39 is 16.1 Å². The van der Waals surface area contributed by atoms with Gasteiger partial charge in [0.25, 0.3) is 0 Å². The Balaban J connectivity index is 2.32. The maximum atomic E-state index is 12.3. The van der Waals surface area contributed by atoms with Gasteiger partial charge in [0.15, 0.2) is 0 Å². The number of aliphatic hydroxyl groups is 1. The number of rotatable bonds is 5. The summed E-state index contributed by atoms with van der Waals surface area (Å²) in [4.78, 5) is 0.266. The summed E-state index contributed by atoms with van der Waals surface area (Å²) in [7, 11) is -1.80. The van der Waals surface area contributed by atoms with Crippen LogP contribution in [0.4, 0.5) is 0 Å². The molecule has 1 aliphatic carbocycles. The van der Waals surface area contributed by atoms with Crippen molar-refractivity contribution in [3.63, 3.8) is 0 Å². The predicted octanol–water partition coefficient (Wildman–Crippen LogP) is 1.91. The molecule has 4 nitrogen and oxygen atoms in total. The summed E-state index contributed by atoms with van der Waals surface area (Å²) in [5.41, 5.74) is 0.655. The largest absolute Gasteiger partial charge is 0.388 e. The molecule has 100 valence electrons. The first-order valence-corrected chi connectivity index (χ1v) is 7.67. The van der Waals surface area contributed by atoms with E-state index in [-0.39, 0.29) is 10.9 Å². The van der Waals surface area contributed by atoms with Crippen molar-refractivity contribution in [1.82, 2.24) is 4.31 Å². The number of aliphatic hydroxyl groups excluding tert-OH is 1. The summed E-state index contributed by atoms with van der Waals surface area (Å²) in [6, 6.07) is 6.74. The van der Waals surface area contributed by atoms with Crippen molar-refractivity contribution in [2.24, 2.45) is 0 Å². The molecular weight excluding hydrogens is 250 g/mol. The van der Waals surface area contributed by atoms with E-state index in [2.05, 4.69) is 0 Å². The van der Waals surface area contributed by atoms with Crippen LogP contribution in [0.3, 0.4) is 0 Å². The maximum Gasteiger partial charge on any atom is 0.243 e. The van der Waals surface area contributed by atoms with E-state index in [9.17, 15) is 13.5 Å². The Morgan fingerprint density at radius 2 is 2.11 bits per heavy atom. The number of nitrogens with zero attached hydrogens (tertiary/aromatic N) is 1. The monoisotopic (exact) mass is 269 g/mol. The zero-order valence-electron chi connectivity index (χ0n) is 10.7. The highest BCUT2D eigenvalue weighted by Crippen LogP contribution is 2.31. The van der Waals surface area contributed by atoms with E-state index in [0.717, 1.165) is 12.8 Å². The maximum absolute atomic E-state index is 12.3. The SMILES string of the molecule is CCC(O)c1cccc(S(=O)(=O)N(C)C2CC2)c1. The van der Waals surface area contributed by atoms with Crippen LogP contribution in [-0.4, -0.2) is 30.9 Å². The standard InChI is InChI=1S/C13H19NO3S/c1-3-13(15)10-5-4-6-12(9-10)18(16,17)14(2)11-7-8-11/h4-6,9,11,13,15H,3,7-8H2,1-2H3. The molecule has 0 saturated heterocycles. The Kier molecular flexibility index (Phi) is 3.75. The van der Waals surface area contributed by atoms with Crippen molar-refractivity contribution in [3.8, 4) is 0 Å². The number of hydrogen-bond acceptors (Lipinski definition) is 3. The summed E-state index contributed by atoms with van der Waals surface area (Å²) in [6.45, 7) is 1.86. The minimum Gasteiger partial charge on any atom is -0.388 e. The minimum absolute atomic E-state index is 0.148. The van der Waals surface area contributed by atoms with Crippen molar-refractivity contribution in [3.05, 3.63) is 29.8 Å². The summed E-state index contributed by atoms with van der Waals surface area (Å²) < 4.78 is 26.1. The molecule has 1 saturated carbocycles. The van der Waals surface area contributed by atoms with E-state index in [0.29, 0.717) is 12.0 Å². The second-order valence-corrected chi connectivity index (χ2v) is 6.75. The molecule has 0 aromatic heterocycles. The van der Waals surface area contributed by atoms with E-state index in [1.165, 1.54) is 4.31 Å². The molecule has 0 amide bonds. The Morgan fingerprint density at radius 3 is 2.67 bits per heavy atom. The highest BCUT2D eigenvalue weighted by molar-refractivity contribution is 7.89. The third-order valence-corrected chi connectivity index (χ3v) is 5.27. The van der Waals surface area contributed by atoms with Gasteiger partial charge in [-0.2, -0.15) is 4.31 Å². The van der Waals surface area contributed by atoms with Crippen molar-refractivity contribution in [1.29, 1.82) is 0 Å². The van der Waals surface area contributed by atoms with Gasteiger partial charge in [0.2, 0.25) is 10.0 Å². The molecular formula is C13H19NO3S. The summed E-state index contributed by atoms with van der Waals surface area (Å²) >= 11 is 0. The fraction of sp³-hybridized carbons (Fsp3) is 0.538. The van der Waals surface area contributed by atoms with Gasteiger partial charge < -0.3 is 5.11 Å². The lowest BCUT2D eigenvalue weighted by Crippen LogP contribution is -2.29. The van der Waals surface area contributed by atoms with Gasteiger partial charge in [0.05, 0.1) is 11.0 Å². The summed E-state index contributed by atoms with van der Waals surface area (Å²) in [5.74, 6) is 0. The van der Waals surface area contributed by atoms with Gasteiger partial charge in [-0.15, -0.1) is 0 Å². The zero-order valence-corrected chi connectivity index (χ0v) is 11.5. The van der Waals surface area contributed by atoms with Crippen molar-refractivity contribution in [2.45, 2.75) is 43.2 Å². The summed E-state index contributed by atoms with van der Waals surface area (Å²) in [6.07, 6.45) is 1.84. The van der Waals surface area contributed by atoms with Crippen LogP contribution in [0.25, 0.3) is 0 Å². The minimum atomic E-state index is -3.42. The Morgan fingerprint density at radius 1 is 1.44 bits per heavy atom. The number of sulfonamides is 1. The molecule has 0 radical (unpaired) electrons. The van der Waals surface area contributed by atoms with Crippen LogP contribution in [0.2, 0.25) is 0 Å². The van der Waals surface area contributed by atoms with Crippen LogP contribution in [0.1, 0.15) is 37.9 Å². The fourth-order valence-corrected chi connectivity index (χ4v) is 3.39. The molecule has 1 fully saturated rings. The van der Waals surface area contributed by atoms with Gasteiger partial charge in [-0.25, -0.2) is 8.42 Å². The average molecular weight is 269 g/mol. The Labute approximate surface area is 108 Å². The molecule has 0 bridgehead atoms. The number of benzene rings is 1. The third kappa shape index (κ3) is 2.58. The van der Waals surface area contributed by atoms with Gasteiger partial charge in [0, 0.05) is 13.1 Å². The molecule has 0 heterocycles. The van der Waals surface area contributed by atoms with Crippen LogP contribution in [0.15, 0.2) is 29.2 Å². The summed E-state index contributed by atoms with van der Waals surface area (Å²) in [5, 5.41) is 9.77. The lowest BCUT2D eigenvalue weighted by molar-refractivity contribution is 0.173. The fourth-order valence-electron chi connectivity index (χ4n) is 1.92. The highest BCUT2D eigenvalue weighted by atomic mass is 32.2. The lowest BCUT2D eigenvalue weighted by atomic mass is 10.1. The predicted molar refractivity (Wildman–Crippen MR) is 69.7 cm³/mol. The van der Waals surface area contributed by atoms with Crippen molar-refractivity contribution >= 4 is 10.0 Å². The average Bonchev–Trinajstić information content (AvgIpc) is 3.21. The number of hydrogen-bond donors (Lipinski definition) is 1. The lowest BCUT2D eigenvalue weighted by Gasteiger charge is -2.17. The molecule has 1 aromatic carbocycles. The van der Waals surface area contributed by atoms with Gasteiger partial charge in [-0.1, -0.05) is 19.1 Å². The van der Waals surface area contributed by atoms with E-state index in [1.54, 1.807) is 31.3 Å². The quantitative estimate of drug-likeness (QED) is 0.888. The molecule has 5 heteroatoms. The van der Waals surface area contributed by atoms with Crippen LogP contribution in [0.5, 0.6) is 0 Å². The second kappa shape index (κ2) is 4.99. The Hall–Kier alpha value is -0.910. The van der Waals surface area contributed by atoms with Crippen LogP contribution < -0.4 is 0 Å². The van der Waals surface area contributed by atoms with E-state index in [1.807, 2.05) is 6.92 Å². The van der Waals surface area contributed by atoms with E-state index in [4.69, 9.17) is 0 Å². The molecule has 1 N–H and O–H groups in total. The van der Waals surface area contributed by atoms with Crippen molar-refractivity contribution < 1.29 is 13.5 Å². The first-order valence-electron chi connectivity index (χ1n) is 6.23. The van der Waals surface area contributed by atoms with Crippen molar-refractivity contribution in [2.75, 3.05) is 7.05 Å². The molecule has 0 spiro atoms. The first kappa shape index (κ1) is 13.5. The zero-order chi connectivity index (χ0) is 13.3. The first-order chi connectivity index (χ1) is 8.46. The normalized spacial score (nSPS) is 18.0. The second-order valence-electron chi connectivity index (χ2n) is 4.75. The van der Waals surface area contributed by atoms with Crippen LogP contribution in [-0.2, 0) is 10.0 Å². The molecule has 1 unspecified atom stereocenters. The molecule has 18 heavy (non-hydrogen) atoms. The smallest absolute Gasteiger partial charge is 0.243 e. The highest BCUT2D eigenvalue weighted by Gasteiger charge is 2.35. The third-order valence-electron chi connectivity index (χ3n) is 3.37. The molecule has 2 rings (SSSR count). The van der Waals surface area contributed by atoms with E-state index >= 15 is 0 Å². The molecule has 1 aliphatic rings. The molecule has 1 atom stereocenters. The van der Waals surface area contributed by atoms with Crippen LogP contribution in [0, 0.1) is 0 Å². The Bertz CT molecular complexity index is 523. The van der Waals surface area contributed by atoms with Gasteiger partial charge in [-0.05, 0) is 37.0 Å². The van der Waals surface area contributed by atoms with Gasteiger partial charge in [0.1, 0.15) is 0 Å². The van der Waals surface area contributed by atoms with Crippen LogP contribution >= 0.6 is 0 Å². The molecule has 0 aliphatic heterocycles. The van der Waals surface area contributed by atoms with Gasteiger partial charge >= 0.3 is 0 Å². The topological polar surface area (TPSA) is 57.6 Å². The van der Waals surface area contributed by atoms with Gasteiger partial charge in [-0.3, -0.25) is 0 Å². The molecule has 1 aromatic rings.